The first kappa shape index (κ1) is 26.8. The molecule has 0 atom stereocenters. The third-order valence-corrected chi connectivity index (χ3v) is 6.79. The highest BCUT2D eigenvalue weighted by molar-refractivity contribution is 5.71. The molecule has 0 saturated heterocycles. The molecule has 0 aromatic heterocycles. The van der Waals surface area contributed by atoms with Gasteiger partial charge in [0.05, 0.1) is 5.56 Å². The molecule has 0 aliphatic heterocycles. The fourth-order valence-corrected chi connectivity index (χ4v) is 4.77. The SMILES string of the molecule is CC[C@H]1CC[C@H](c2ccc(C(F)(F)Oc3ccccc3-c3cc(F)c(OC(F)(F)F)c(F)c3)cc2)CC1. The van der Waals surface area contributed by atoms with E-state index in [4.69, 9.17) is 4.74 Å². The Kier molecular flexibility index (Phi) is 7.71. The average Bonchev–Trinajstić information content (AvgIpc) is 2.86. The summed E-state index contributed by atoms with van der Waals surface area (Å²) in [6.07, 6.45) is -3.70. The number of halogens is 7. The van der Waals surface area contributed by atoms with Crippen LogP contribution in [0.5, 0.6) is 11.5 Å². The lowest BCUT2D eigenvalue weighted by molar-refractivity contribution is -0.276. The van der Waals surface area contributed by atoms with Crippen LogP contribution in [0.1, 0.15) is 56.1 Å². The van der Waals surface area contributed by atoms with Crippen LogP contribution in [0.15, 0.2) is 60.7 Å². The van der Waals surface area contributed by atoms with Crippen molar-refractivity contribution in [3.8, 4) is 22.6 Å². The summed E-state index contributed by atoms with van der Waals surface area (Å²) in [6.45, 7) is 2.17. The van der Waals surface area contributed by atoms with Crippen LogP contribution in [0.2, 0.25) is 0 Å². The quantitative estimate of drug-likeness (QED) is 0.286. The second kappa shape index (κ2) is 10.6. The molecule has 4 rings (SSSR count). The van der Waals surface area contributed by atoms with E-state index in [0.717, 1.165) is 37.7 Å². The van der Waals surface area contributed by atoms with E-state index >= 15 is 8.78 Å². The fourth-order valence-electron chi connectivity index (χ4n) is 4.77. The summed E-state index contributed by atoms with van der Waals surface area (Å²) in [5.74, 6) is -4.29. The Bertz CT molecular complexity index is 1190. The van der Waals surface area contributed by atoms with E-state index in [1.807, 2.05) is 0 Å². The number of rotatable bonds is 7. The summed E-state index contributed by atoms with van der Waals surface area (Å²) in [5.41, 5.74) is 0.151. The zero-order valence-electron chi connectivity index (χ0n) is 19.9. The first-order chi connectivity index (χ1) is 17.5. The average molecular weight is 526 g/mol. The second-order valence-corrected chi connectivity index (χ2v) is 9.18. The van der Waals surface area contributed by atoms with E-state index in [1.165, 1.54) is 36.4 Å². The van der Waals surface area contributed by atoms with Crippen LogP contribution in [-0.2, 0) is 6.11 Å². The highest BCUT2D eigenvalue weighted by Gasteiger charge is 2.37. The summed E-state index contributed by atoms with van der Waals surface area (Å²) in [5, 5.41) is 0. The molecule has 0 amide bonds. The van der Waals surface area contributed by atoms with Crippen LogP contribution in [0, 0.1) is 17.6 Å². The van der Waals surface area contributed by atoms with Crippen LogP contribution in [0.3, 0.4) is 0 Å². The summed E-state index contributed by atoms with van der Waals surface area (Å²) >= 11 is 0. The number of hydrogen-bond acceptors (Lipinski definition) is 2. The third kappa shape index (κ3) is 6.37. The Balaban J connectivity index is 1.55. The highest BCUT2D eigenvalue weighted by Crippen LogP contribution is 2.41. The topological polar surface area (TPSA) is 18.5 Å². The van der Waals surface area contributed by atoms with Crippen molar-refractivity contribution in [1.29, 1.82) is 0 Å². The third-order valence-electron chi connectivity index (χ3n) is 6.79. The van der Waals surface area contributed by atoms with Gasteiger partial charge in [-0.3, -0.25) is 0 Å². The van der Waals surface area contributed by atoms with Gasteiger partial charge in [-0.25, -0.2) is 8.78 Å². The lowest BCUT2D eigenvalue weighted by Crippen LogP contribution is -2.22. The van der Waals surface area contributed by atoms with E-state index in [2.05, 4.69) is 11.7 Å². The van der Waals surface area contributed by atoms with Crippen molar-refractivity contribution in [2.75, 3.05) is 0 Å². The van der Waals surface area contributed by atoms with E-state index in [-0.39, 0.29) is 11.1 Å². The zero-order valence-corrected chi connectivity index (χ0v) is 19.9. The van der Waals surface area contributed by atoms with Crippen molar-refractivity contribution in [2.24, 2.45) is 5.92 Å². The van der Waals surface area contributed by atoms with Gasteiger partial charge in [0.15, 0.2) is 11.6 Å². The molecule has 0 unspecified atom stereocenters. The van der Waals surface area contributed by atoms with Crippen molar-refractivity contribution < 1.29 is 40.2 Å². The van der Waals surface area contributed by atoms with E-state index in [0.29, 0.717) is 24.0 Å². The molecule has 9 heteroatoms. The van der Waals surface area contributed by atoms with Crippen molar-refractivity contribution >= 4 is 0 Å². The number of para-hydroxylation sites is 1. The summed E-state index contributed by atoms with van der Waals surface area (Å²) in [7, 11) is 0. The van der Waals surface area contributed by atoms with Gasteiger partial charge in [0.1, 0.15) is 5.75 Å². The Hall–Kier alpha value is -3.23. The number of ether oxygens (including phenoxy) is 2. The Morgan fingerprint density at radius 1 is 0.784 bits per heavy atom. The maximum absolute atomic E-state index is 15.1. The molecule has 0 bridgehead atoms. The van der Waals surface area contributed by atoms with Crippen molar-refractivity contribution in [1.82, 2.24) is 0 Å². The van der Waals surface area contributed by atoms with Crippen LogP contribution in [0.25, 0.3) is 11.1 Å². The molecule has 2 nitrogen and oxygen atoms in total. The smallest absolute Gasteiger partial charge is 0.428 e. The Morgan fingerprint density at radius 3 is 1.95 bits per heavy atom. The monoisotopic (exact) mass is 526 g/mol. The van der Waals surface area contributed by atoms with Crippen molar-refractivity contribution in [2.45, 2.75) is 57.4 Å². The van der Waals surface area contributed by atoms with Gasteiger partial charge in [-0.2, -0.15) is 8.78 Å². The largest absolute Gasteiger partial charge is 0.573 e. The normalized spacial score (nSPS) is 18.5. The molecule has 3 aromatic rings. The molecule has 1 fully saturated rings. The van der Waals surface area contributed by atoms with E-state index in [9.17, 15) is 22.0 Å². The molecule has 0 heterocycles. The van der Waals surface area contributed by atoms with Crippen molar-refractivity contribution in [3.63, 3.8) is 0 Å². The van der Waals surface area contributed by atoms with Crippen LogP contribution in [0.4, 0.5) is 30.7 Å². The molecule has 0 spiro atoms. The van der Waals surface area contributed by atoms with Crippen LogP contribution >= 0.6 is 0 Å². The van der Waals surface area contributed by atoms with E-state index in [1.54, 1.807) is 12.1 Å². The van der Waals surface area contributed by atoms with Crippen LogP contribution in [-0.4, -0.2) is 6.36 Å². The predicted octanol–water partition coefficient (Wildman–Crippen LogP) is 9.34. The lowest BCUT2D eigenvalue weighted by atomic mass is 9.78. The Morgan fingerprint density at radius 2 is 1.38 bits per heavy atom. The molecule has 1 aliphatic carbocycles. The molecule has 0 N–H and O–H groups in total. The lowest BCUT2D eigenvalue weighted by Gasteiger charge is -2.28. The van der Waals surface area contributed by atoms with Gasteiger partial charge < -0.3 is 9.47 Å². The summed E-state index contributed by atoms with van der Waals surface area (Å²) in [6, 6.07) is 12.3. The fraction of sp³-hybridized carbons (Fsp3) is 0.357. The van der Waals surface area contributed by atoms with Gasteiger partial charge in [-0.05, 0) is 79.0 Å². The van der Waals surface area contributed by atoms with Gasteiger partial charge in [-0.15, -0.1) is 13.2 Å². The minimum atomic E-state index is -5.31. The second-order valence-electron chi connectivity index (χ2n) is 9.18. The summed E-state index contributed by atoms with van der Waals surface area (Å²) < 4.78 is 104. The van der Waals surface area contributed by atoms with Gasteiger partial charge in [-0.1, -0.05) is 43.7 Å². The number of alkyl halides is 5. The number of benzene rings is 3. The minimum absolute atomic E-state index is 0.136. The maximum Gasteiger partial charge on any atom is 0.573 e. The van der Waals surface area contributed by atoms with Crippen LogP contribution < -0.4 is 9.47 Å². The Labute approximate surface area is 210 Å². The molecular weight excluding hydrogens is 501 g/mol. The first-order valence-corrected chi connectivity index (χ1v) is 12.0. The zero-order chi connectivity index (χ0) is 26.8. The van der Waals surface area contributed by atoms with Gasteiger partial charge in [0.2, 0.25) is 5.75 Å². The standard InChI is InChI=1S/C28H25F7O2/c1-2-17-7-9-18(10-8-17)19-11-13-21(14-12-19)27(31,32)36-25-6-4-3-5-22(25)20-15-23(29)26(24(30)16-20)37-28(33,34)35/h3-6,11-18H,2,7-10H2,1H3/t17-,18-. The molecule has 1 saturated carbocycles. The van der Waals surface area contributed by atoms with Gasteiger partial charge in [0.25, 0.3) is 0 Å². The van der Waals surface area contributed by atoms with Gasteiger partial charge in [0, 0.05) is 5.56 Å². The highest BCUT2D eigenvalue weighted by atomic mass is 19.4. The molecule has 1 aliphatic rings. The molecule has 0 radical (unpaired) electrons. The van der Waals surface area contributed by atoms with E-state index < -0.39 is 41.2 Å². The molecule has 198 valence electrons. The predicted molar refractivity (Wildman–Crippen MR) is 124 cm³/mol. The number of hydrogen-bond donors (Lipinski definition) is 0. The molecule has 37 heavy (non-hydrogen) atoms. The minimum Gasteiger partial charge on any atom is -0.428 e. The molecular formula is C28H25F7O2. The van der Waals surface area contributed by atoms with Gasteiger partial charge >= 0.3 is 12.5 Å². The van der Waals surface area contributed by atoms with Crippen molar-refractivity contribution in [3.05, 3.63) is 83.4 Å². The molecule has 3 aromatic carbocycles. The maximum atomic E-state index is 15.1. The summed E-state index contributed by atoms with van der Waals surface area (Å²) in [4.78, 5) is 0. The first-order valence-electron chi connectivity index (χ1n) is 12.0.